The van der Waals surface area contributed by atoms with Gasteiger partial charge in [-0.15, -0.1) is 0 Å². The summed E-state index contributed by atoms with van der Waals surface area (Å²) in [7, 11) is 0. The molecule has 1 aromatic rings. The maximum atomic E-state index is 5.89. The summed E-state index contributed by atoms with van der Waals surface area (Å²) >= 11 is 5.89. The van der Waals surface area contributed by atoms with Crippen LogP contribution in [0.5, 0.6) is 5.75 Å². The third-order valence-corrected chi connectivity index (χ3v) is 6.02. The van der Waals surface area contributed by atoms with Crippen LogP contribution in [0.4, 0.5) is 0 Å². The van der Waals surface area contributed by atoms with E-state index in [0.29, 0.717) is 0 Å². The minimum atomic E-state index is 0.741. The fourth-order valence-corrected chi connectivity index (χ4v) is 4.13. The van der Waals surface area contributed by atoms with Crippen LogP contribution in [0.1, 0.15) is 26.7 Å². The molecular weight excluding hydrogens is 334 g/mol. The summed E-state index contributed by atoms with van der Waals surface area (Å²) in [5, 5.41) is 0.751. The zero-order chi connectivity index (χ0) is 17.6. The molecule has 2 fully saturated rings. The second kappa shape index (κ2) is 9.22. The first kappa shape index (κ1) is 19.0. The second-order valence-electron chi connectivity index (χ2n) is 7.50. The van der Waals surface area contributed by atoms with Gasteiger partial charge in [0.05, 0.1) is 0 Å². The molecule has 4 nitrogen and oxygen atoms in total. The highest BCUT2D eigenvalue weighted by atomic mass is 35.5. The molecule has 1 aromatic carbocycles. The largest absolute Gasteiger partial charge is 0.492 e. The fourth-order valence-electron chi connectivity index (χ4n) is 4.01. The molecule has 0 saturated carbocycles. The first-order chi connectivity index (χ1) is 12.1. The molecule has 2 saturated heterocycles. The van der Waals surface area contributed by atoms with Gasteiger partial charge in [0, 0.05) is 62.9 Å². The Labute approximate surface area is 157 Å². The number of piperazine rings is 1. The van der Waals surface area contributed by atoms with Crippen LogP contribution in [0.25, 0.3) is 0 Å². The average molecular weight is 366 g/mol. The Morgan fingerprint density at radius 3 is 2.04 bits per heavy atom. The van der Waals surface area contributed by atoms with Gasteiger partial charge in [-0.1, -0.05) is 11.6 Å². The minimum absolute atomic E-state index is 0.741. The van der Waals surface area contributed by atoms with E-state index in [0.717, 1.165) is 49.1 Å². The van der Waals surface area contributed by atoms with Crippen LogP contribution in [-0.4, -0.2) is 79.2 Å². The van der Waals surface area contributed by atoms with Crippen LogP contribution in [-0.2, 0) is 0 Å². The summed E-state index contributed by atoms with van der Waals surface area (Å²) in [5.74, 6) is 0.900. The number of likely N-dealkylation sites (tertiary alicyclic amines) is 1. The van der Waals surface area contributed by atoms with Gasteiger partial charge in [0.1, 0.15) is 12.4 Å². The van der Waals surface area contributed by atoms with Crippen molar-refractivity contribution < 1.29 is 4.74 Å². The smallest absolute Gasteiger partial charge is 0.119 e. The van der Waals surface area contributed by atoms with Crippen LogP contribution >= 0.6 is 11.6 Å². The molecule has 2 heterocycles. The lowest BCUT2D eigenvalue weighted by Crippen LogP contribution is -2.50. The lowest BCUT2D eigenvalue weighted by molar-refractivity contribution is 0.0997. The number of benzene rings is 1. The molecule has 25 heavy (non-hydrogen) atoms. The fraction of sp³-hybridized carbons (Fsp3) is 0.700. The van der Waals surface area contributed by atoms with Gasteiger partial charge in [-0.05, 0) is 51.0 Å². The van der Waals surface area contributed by atoms with Gasteiger partial charge < -0.3 is 4.74 Å². The highest BCUT2D eigenvalue weighted by Crippen LogP contribution is 2.23. The summed E-state index contributed by atoms with van der Waals surface area (Å²) in [6, 6.07) is 9.14. The predicted octanol–water partition coefficient (Wildman–Crippen LogP) is 3.21. The number of rotatable bonds is 7. The Bertz CT molecular complexity index is 506. The molecule has 5 heteroatoms. The number of halogens is 1. The van der Waals surface area contributed by atoms with Crippen molar-refractivity contribution in [1.29, 1.82) is 0 Å². The van der Waals surface area contributed by atoms with Gasteiger partial charge in [-0.25, -0.2) is 0 Å². The van der Waals surface area contributed by atoms with Gasteiger partial charge in [0.2, 0.25) is 0 Å². The van der Waals surface area contributed by atoms with Crippen LogP contribution in [0.3, 0.4) is 0 Å². The van der Waals surface area contributed by atoms with Crippen molar-refractivity contribution in [3.8, 4) is 5.75 Å². The molecule has 0 amide bonds. The Morgan fingerprint density at radius 1 is 0.880 bits per heavy atom. The zero-order valence-electron chi connectivity index (χ0n) is 15.7. The normalized spacial score (nSPS) is 26.2. The van der Waals surface area contributed by atoms with Crippen molar-refractivity contribution in [1.82, 2.24) is 14.7 Å². The maximum Gasteiger partial charge on any atom is 0.119 e. The molecule has 0 radical (unpaired) electrons. The lowest BCUT2D eigenvalue weighted by Gasteiger charge is -2.36. The summed E-state index contributed by atoms with van der Waals surface area (Å²) in [6.07, 6.45) is 2.73. The lowest BCUT2D eigenvalue weighted by atomic mass is 10.2. The van der Waals surface area contributed by atoms with Crippen LogP contribution in [0, 0.1) is 0 Å². The predicted molar refractivity (Wildman–Crippen MR) is 105 cm³/mol. The summed E-state index contributed by atoms with van der Waals surface area (Å²) in [4.78, 5) is 7.81. The van der Waals surface area contributed by atoms with Crippen molar-refractivity contribution in [2.75, 3.05) is 52.4 Å². The molecule has 0 spiro atoms. The minimum Gasteiger partial charge on any atom is -0.492 e. The molecule has 2 unspecified atom stereocenters. The van der Waals surface area contributed by atoms with Crippen LogP contribution < -0.4 is 4.74 Å². The summed E-state index contributed by atoms with van der Waals surface area (Å²) in [6.45, 7) is 13.6. The molecule has 0 aliphatic carbocycles. The van der Waals surface area contributed by atoms with Gasteiger partial charge in [-0.2, -0.15) is 0 Å². The van der Waals surface area contributed by atoms with Crippen molar-refractivity contribution >= 4 is 11.6 Å². The van der Waals surface area contributed by atoms with Gasteiger partial charge in [-0.3, -0.25) is 14.7 Å². The third-order valence-electron chi connectivity index (χ3n) is 5.76. The molecule has 2 aliphatic rings. The van der Waals surface area contributed by atoms with Crippen LogP contribution in [0.15, 0.2) is 24.3 Å². The van der Waals surface area contributed by atoms with Crippen molar-refractivity contribution in [2.24, 2.45) is 0 Å². The number of ether oxygens (including phenoxy) is 1. The first-order valence-electron chi connectivity index (χ1n) is 9.70. The van der Waals surface area contributed by atoms with E-state index in [2.05, 4.69) is 28.5 Å². The quantitative estimate of drug-likeness (QED) is 0.738. The SMILES string of the molecule is CC1CCC(C)N1CCN1CCN(CCOc2ccc(Cl)cc2)CC1. The average Bonchev–Trinajstić information content (AvgIpc) is 2.94. The van der Waals surface area contributed by atoms with Gasteiger partial charge >= 0.3 is 0 Å². The van der Waals surface area contributed by atoms with E-state index >= 15 is 0 Å². The molecular formula is C20H32ClN3O. The monoisotopic (exact) mass is 365 g/mol. The molecule has 0 bridgehead atoms. The Balaban J connectivity index is 1.30. The van der Waals surface area contributed by atoms with E-state index in [-0.39, 0.29) is 0 Å². The number of hydrogen-bond acceptors (Lipinski definition) is 4. The van der Waals surface area contributed by atoms with Crippen molar-refractivity contribution in [3.63, 3.8) is 0 Å². The van der Waals surface area contributed by atoms with E-state index in [1.54, 1.807) is 0 Å². The summed E-state index contributed by atoms with van der Waals surface area (Å²) in [5.41, 5.74) is 0. The number of nitrogens with zero attached hydrogens (tertiary/aromatic N) is 3. The molecule has 2 aliphatic heterocycles. The molecule has 140 valence electrons. The Morgan fingerprint density at radius 2 is 1.44 bits per heavy atom. The first-order valence-corrected chi connectivity index (χ1v) is 10.1. The van der Waals surface area contributed by atoms with Crippen LogP contribution in [0.2, 0.25) is 5.02 Å². The van der Waals surface area contributed by atoms with E-state index in [1.807, 2.05) is 24.3 Å². The van der Waals surface area contributed by atoms with Gasteiger partial charge in [0.15, 0.2) is 0 Å². The Hall–Kier alpha value is -0.810. The highest BCUT2D eigenvalue weighted by Gasteiger charge is 2.27. The topological polar surface area (TPSA) is 19.0 Å². The summed E-state index contributed by atoms with van der Waals surface area (Å²) < 4.78 is 5.81. The van der Waals surface area contributed by atoms with Gasteiger partial charge in [0.25, 0.3) is 0 Å². The molecule has 3 rings (SSSR count). The number of hydrogen-bond donors (Lipinski definition) is 0. The third kappa shape index (κ3) is 5.58. The van der Waals surface area contributed by atoms with E-state index in [9.17, 15) is 0 Å². The van der Waals surface area contributed by atoms with E-state index < -0.39 is 0 Å². The van der Waals surface area contributed by atoms with Crippen molar-refractivity contribution in [3.05, 3.63) is 29.3 Å². The standard InChI is InChI=1S/C20H32ClN3O/c1-17-3-4-18(2)24(17)14-13-22-9-11-23(12-10-22)15-16-25-20-7-5-19(21)6-8-20/h5-8,17-18H,3-4,9-16H2,1-2H3. The highest BCUT2D eigenvalue weighted by molar-refractivity contribution is 6.30. The molecule has 0 N–H and O–H groups in total. The van der Waals surface area contributed by atoms with Crippen molar-refractivity contribution in [2.45, 2.75) is 38.8 Å². The molecule has 0 aromatic heterocycles. The second-order valence-corrected chi connectivity index (χ2v) is 7.94. The Kier molecular flexibility index (Phi) is 7.00. The van der Waals surface area contributed by atoms with E-state index in [4.69, 9.17) is 16.3 Å². The molecule has 2 atom stereocenters. The van der Waals surface area contributed by atoms with E-state index in [1.165, 1.54) is 39.0 Å². The zero-order valence-corrected chi connectivity index (χ0v) is 16.4. The maximum absolute atomic E-state index is 5.89.